The Bertz CT molecular complexity index is 772. The van der Waals surface area contributed by atoms with Gasteiger partial charge in [-0.1, -0.05) is 30.3 Å². The van der Waals surface area contributed by atoms with Gasteiger partial charge in [-0.25, -0.2) is 4.79 Å². The van der Waals surface area contributed by atoms with Crippen LogP contribution in [0.25, 0.3) is 0 Å². The molecule has 0 spiro atoms. The van der Waals surface area contributed by atoms with E-state index in [0.29, 0.717) is 31.7 Å². The van der Waals surface area contributed by atoms with E-state index in [1.807, 2.05) is 36.4 Å². The maximum Gasteiger partial charge on any atom is 0.341 e. The molecule has 2 aromatic carbocycles. The molecular formula is C20H21NO5. The van der Waals surface area contributed by atoms with Crippen molar-refractivity contribution >= 4 is 11.9 Å². The average Bonchev–Trinajstić information content (AvgIpc) is 2.67. The second kappa shape index (κ2) is 8.38. The smallest absolute Gasteiger partial charge is 0.341 e. The average molecular weight is 355 g/mol. The van der Waals surface area contributed by atoms with E-state index in [9.17, 15) is 9.59 Å². The Morgan fingerprint density at radius 2 is 1.92 bits per heavy atom. The SMILES string of the molecule is O=C(O)COc1ccc(CCNC(=O)[C@H]2COc3ccccc3C2)cc1. The quantitative estimate of drug-likeness (QED) is 0.794. The molecule has 1 amide bonds. The lowest BCUT2D eigenvalue weighted by molar-refractivity contribution is -0.139. The minimum absolute atomic E-state index is 0.000847. The Morgan fingerprint density at radius 1 is 1.15 bits per heavy atom. The van der Waals surface area contributed by atoms with Crippen LogP contribution in [0.4, 0.5) is 0 Å². The molecule has 2 N–H and O–H groups in total. The van der Waals surface area contributed by atoms with Crippen LogP contribution in [0.3, 0.4) is 0 Å². The van der Waals surface area contributed by atoms with E-state index in [0.717, 1.165) is 16.9 Å². The van der Waals surface area contributed by atoms with Gasteiger partial charge >= 0.3 is 5.97 Å². The zero-order valence-corrected chi connectivity index (χ0v) is 14.3. The first-order chi connectivity index (χ1) is 12.6. The lowest BCUT2D eigenvalue weighted by Gasteiger charge is -2.24. The summed E-state index contributed by atoms with van der Waals surface area (Å²) >= 11 is 0. The molecule has 0 unspecified atom stereocenters. The van der Waals surface area contributed by atoms with E-state index in [4.69, 9.17) is 14.6 Å². The van der Waals surface area contributed by atoms with Gasteiger partial charge in [-0.3, -0.25) is 4.79 Å². The molecule has 1 atom stereocenters. The number of para-hydroxylation sites is 1. The van der Waals surface area contributed by atoms with Crippen molar-refractivity contribution < 1.29 is 24.2 Å². The van der Waals surface area contributed by atoms with Gasteiger partial charge in [-0.2, -0.15) is 0 Å². The maximum absolute atomic E-state index is 12.3. The Balaban J connectivity index is 1.43. The van der Waals surface area contributed by atoms with Crippen molar-refractivity contribution in [3.05, 3.63) is 59.7 Å². The molecule has 3 rings (SSSR count). The molecular weight excluding hydrogens is 334 g/mol. The molecule has 2 aromatic rings. The van der Waals surface area contributed by atoms with Crippen molar-refractivity contribution in [1.82, 2.24) is 5.32 Å². The normalized spacial score (nSPS) is 15.5. The number of fused-ring (bicyclic) bond motifs is 1. The van der Waals surface area contributed by atoms with E-state index >= 15 is 0 Å². The Hall–Kier alpha value is -3.02. The fourth-order valence-corrected chi connectivity index (χ4v) is 2.87. The highest BCUT2D eigenvalue weighted by molar-refractivity contribution is 5.79. The van der Waals surface area contributed by atoms with Gasteiger partial charge in [0, 0.05) is 6.54 Å². The summed E-state index contributed by atoms with van der Waals surface area (Å²) < 4.78 is 10.7. The maximum atomic E-state index is 12.3. The van der Waals surface area contributed by atoms with Gasteiger partial charge in [0.15, 0.2) is 6.61 Å². The molecule has 0 aromatic heterocycles. The molecule has 6 heteroatoms. The first-order valence-corrected chi connectivity index (χ1v) is 8.54. The van der Waals surface area contributed by atoms with Crippen LogP contribution in [0, 0.1) is 5.92 Å². The molecule has 0 fully saturated rings. The number of carboxylic acid groups (broad SMARTS) is 1. The number of benzene rings is 2. The molecule has 26 heavy (non-hydrogen) atoms. The molecule has 0 radical (unpaired) electrons. The first kappa shape index (κ1) is 17.8. The van der Waals surface area contributed by atoms with E-state index < -0.39 is 5.97 Å². The lowest BCUT2D eigenvalue weighted by Crippen LogP contribution is -2.38. The van der Waals surface area contributed by atoms with Crippen molar-refractivity contribution in [2.75, 3.05) is 19.8 Å². The highest BCUT2D eigenvalue weighted by Gasteiger charge is 2.25. The lowest BCUT2D eigenvalue weighted by atomic mass is 9.96. The highest BCUT2D eigenvalue weighted by Crippen LogP contribution is 2.26. The Kier molecular flexibility index (Phi) is 5.73. The third-order valence-corrected chi connectivity index (χ3v) is 4.25. The molecule has 6 nitrogen and oxygen atoms in total. The largest absolute Gasteiger partial charge is 0.492 e. The van der Waals surface area contributed by atoms with E-state index in [-0.39, 0.29) is 18.4 Å². The van der Waals surface area contributed by atoms with Crippen LogP contribution in [0.5, 0.6) is 11.5 Å². The molecule has 0 saturated carbocycles. The number of nitrogens with one attached hydrogen (secondary N) is 1. The Labute approximate surface area is 151 Å². The second-order valence-corrected chi connectivity index (χ2v) is 6.19. The predicted molar refractivity (Wildman–Crippen MR) is 95.4 cm³/mol. The minimum atomic E-state index is -1.01. The van der Waals surface area contributed by atoms with Gasteiger partial charge in [0.25, 0.3) is 0 Å². The molecule has 136 valence electrons. The van der Waals surface area contributed by atoms with Crippen LogP contribution >= 0.6 is 0 Å². The van der Waals surface area contributed by atoms with Gasteiger partial charge in [-0.05, 0) is 42.2 Å². The van der Waals surface area contributed by atoms with Crippen LogP contribution in [0.1, 0.15) is 11.1 Å². The first-order valence-electron chi connectivity index (χ1n) is 8.54. The summed E-state index contributed by atoms with van der Waals surface area (Å²) in [4.78, 5) is 22.8. The van der Waals surface area contributed by atoms with Crippen LogP contribution in [0.2, 0.25) is 0 Å². The highest BCUT2D eigenvalue weighted by atomic mass is 16.5. The number of rotatable bonds is 7. The fourth-order valence-electron chi connectivity index (χ4n) is 2.87. The summed E-state index contributed by atoms with van der Waals surface area (Å²) in [7, 11) is 0. The summed E-state index contributed by atoms with van der Waals surface area (Å²) in [6, 6.07) is 15.0. The van der Waals surface area contributed by atoms with Gasteiger partial charge in [0.05, 0.1) is 5.92 Å². The molecule has 1 heterocycles. The summed E-state index contributed by atoms with van der Waals surface area (Å²) in [5.41, 5.74) is 2.11. The number of ether oxygens (including phenoxy) is 2. The number of carbonyl (C=O) groups excluding carboxylic acids is 1. The van der Waals surface area contributed by atoms with Gasteiger partial charge in [0.2, 0.25) is 5.91 Å². The van der Waals surface area contributed by atoms with Crippen LogP contribution < -0.4 is 14.8 Å². The van der Waals surface area contributed by atoms with Crippen molar-refractivity contribution in [3.63, 3.8) is 0 Å². The summed E-state index contributed by atoms with van der Waals surface area (Å²) in [6.45, 7) is 0.576. The molecule has 0 aliphatic carbocycles. The standard InChI is InChI=1S/C20H21NO5/c22-19(23)13-25-17-7-5-14(6-8-17)9-10-21-20(24)16-11-15-3-1-2-4-18(15)26-12-16/h1-8,16H,9-13H2,(H,21,24)(H,22,23)/t16-/m1/s1. The second-order valence-electron chi connectivity index (χ2n) is 6.19. The Morgan fingerprint density at radius 3 is 2.69 bits per heavy atom. The van der Waals surface area contributed by atoms with Crippen molar-refractivity contribution in [1.29, 1.82) is 0 Å². The zero-order chi connectivity index (χ0) is 18.4. The third-order valence-electron chi connectivity index (χ3n) is 4.25. The monoisotopic (exact) mass is 355 g/mol. The number of hydrogen-bond acceptors (Lipinski definition) is 4. The molecule has 0 bridgehead atoms. The zero-order valence-electron chi connectivity index (χ0n) is 14.3. The molecule has 0 saturated heterocycles. The number of carbonyl (C=O) groups is 2. The third kappa shape index (κ3) is 4.75. The predicted octanol–water partition coefficient (Wildman–Crippen LogP) is 2.06. The van der Waals surface area contributed by atoms with Crippen molar-refractivity contribution in [2.45, 2.75) is 12.8 Å². The van der Waals surface area contributed by atoms with Gasteiger partial charge < -0.3 is 19.9 Å². The topological polar surface area (TPSA) is 84.9 Å². The van der Waals surface area contributed by atoms with E-state index in [1.165, 1.54) is 0 Å². The summed E-state index contributed by atoms with van der Waals surface area (Å²) in [5, 5.41) is 11.5. The number of hydrogen-bond donors (Lipinski definition) is 2. The summed E-state index contributed by atoms with van der Waals surface area (Å²) in [6.07, 6.45) is 1.38. The summed E-state index contributed by atoms with van der Waals surface area (Å²) in [5.74, 6) is 0.198. The minimum Gasteiger partial charge on any atom is -0.492 e. The van der Waals surface area contributed by atoms with Crippen molar-refractivity contribution in [3.8, 4) is 11.5 Å². The number of carboxylic acids is 1. The van der Waals surface area contributed by atoms with Crippen LogP contribution in [-0.4, -0.2) is 36.7 Å². The molecule has 1 aliphatic rings. The number of amides is 1. The van der Waals surface area contributed by atoms with Crippen LogP contribution in [0.15, 0.2) is 48.5 Å². The van der Waals surface area contributed by atoms with Crippen LogP contribution in [-0.2, 0) is 22.4 Å². The van der Waals surface area contributed by atoms with E-state index in [2.05, 4.69) is 5.32 Å². The van der Waals surface area contributed by atoms with Crippen molar-refractivity contribution in [2.24, 2.45) is 5.92 Å². The van der Waals surface area contributed by atoms with E-state index in [1.54, 1.807) is 12.1 Å². The fraction of sp³-hybridized carbons (Fsp3) is 0.300. The van der Waals surface area contributed by atoms with Gasteiger partial charge in [0.1, 0.15) is 18.1 Å². The number of aliphatic carboxylic acids is 1. The molecule has 1 aliphatic heterocycles. The van der Waals surface area contributed by atoms with Gasteiger partial charge in [-0.15, -0.1) is 0 Å².